The van der Waals surface area contributed by atoms with Gasteiger partial charge in [0.1, 0.15) is 0 Å². The molecular weight excluding hydrogens is 310 g/mol. The largest absolute Gasteiger partial charge is 0.367 e. The number of para-hydroxylation sites is 1. The number of fused-ring (bicyclic) bond motifs is 3. The van der Waals surface area contributed by atoms with Gasteiger partial charge in [0.05, 0.1) is 0 Å². The van der Waals surface area contributed by atoms with E-state index in [1.807, 2.05) is 0 Å². The summed E-state index contributed by atoms with van der Waals surface area (Å²) < 4.78 is 0. The second-order valence-corrected chi connectivity index (χ2v) is 8.36. The molecule has 1 aromatic carbocycles. The summed E-state index contributed by atoms with van der Waals surface area (Å²) in [4.78, 5) is 15.1. The summed E-state index contributed by atoms with van der Waals surface area (Å²) in [5.74, 6) is 1.56. The molecule has 136 valence electrons. The molecule has 1 aromatic rings. The molecule has 4 nitrogen and oxygen atoms in total. The predicted molar refractivity (Wildman–Crippen MR) is 101 cm³/mol. The molecule has 2 bridgehead atoms. The van der Waals surface area contributed by atoms with Crippen molar-refractivity contribution in [3.05, 3.63) is 29.8 Å². The Balaban J connectivity index is 1.30. The third-order valence-corrected chi connectivity index (χ3v) is 6.78. The van der Waals surface area contributed by atoms with Crippen LogP contribution in [-0.2, 0) is 11.2 Å². The number of nitrogens with one attached hydrogen (secondary N) is 1. The van der Waals surface area contributed by atoms with Crippen molar-refractivity contribution in [1.82, 2.24) is 5.32 Å². The van der Waals surface area contributed by atoms with Crippen LogP contribution in [0.3, 0.4) is 0 Å². The van der Waals surface area contributed by atoms with E-state index in [9.17, 15) is 4.79 Å². The maximum Gasteiger partial charge on any atom is 0.223 e. The van der Waals surface area contributed by atoms with E-state index in [1.165, 1.54) is 30.5 Å². The van der Waals surface area contributed by atoms with Gasteiger partial charge in [-0.2, -0.15) is 0 Å². The van der Waals surface area contributed by atoms with Crippen molar-refractivity contribution < 1.29 is 4.79 Å². The molecule has 0 spiro atoms. The Hall–Kier alpha value is -1.55. The maximum absolute atomic E-state index is 12.7. The van der Waals surface area contributed by atoms with Crippen LogP contribution >= 0.6 is 0 Å². The normalized spacial score (nSPS) is 33.8. The van der Waals surface area contributed by atoms with Crippen molar-refractivity contribution in [2.75, 3.05) is 18.0 Å². The molecule has 1 amide bonds. The zero-order valence-electron chi connectivity index (χ0n) is 15.3. The van der Waals surface area contributed by atoms with Crippen molar-refractivity contribution in [2.45, 2.75) is 57.5 Å². The maximum atomic E-state index is 12.7. The fourth-order valence-corrected chi connectivity index (χ4v) is 5.42. The lowest BCUT2D eigenvalue weighted by Gasteiger charge is -2.43. The van der Waals surface area contributed by atoms with Crippen LogP contribution in [0, 0.1) is 17.8 Å². The van der Waals surface area contributed by atoms with Gasteiger partial charge in [0, 0.05) is 36.8 Å². The molecule has 25 heavy (non-hydrogen) atoms. The third kappa shape index (κ3) is 3.29. The Morgan fingerprint density at radius 2 is 1.96 bits per heavy atom. The van der Waals surface area contributed by atoms with Gasteiger partial charge in [0.25, 0.3) is 0 Å². The fraction of sp³-hybridized carbons (Fsp3) is 0.667. The molecule has 0 aromatic heterocycles. The van der Waals surface area contributed by atoms with Gasteiger partial charge in [-0.25, -0.2) is 0 Å². The monoisotopic (exact) mass is 341 g/mol. The van der Waals surface area contributed by atoms with Gasteiger partial charge in [-0.15, -0.1) is 0 Å². The number of amides is 1. The van der Waals surface area contributed by atoms with Crippen LogP contribution in [0.4, 0.5) is 5.69 Å². The van der Waals surface area contributed by atoms with Gasteiger partial charge in [-0.1, -0.05) is 24.6 Å². The van der Waals surface area contributed by atoms with E-state index in [0.717, 1.165) is 32.4 Å². The van der Waals surface area contributed by atoms with E-state index in [0.29, 0.717) is 23.9 Å². The van der Waals surface area contributed by atoms with Crippen LogP contribution in [-0.4, -0.2) is 31.1 Å². The fourth-order valence-electron chi connectivity index (χ4n) is 5.42. The number of carbonyl (C=O) groups excluding carboxylic acids is 1. The van der Waals surface area contributed by atoms with Crippen molar-refractivity contribution >= 4 is 11.6 Å². The molecule has 0 radical (unpaired) electrons. The molecule has 3 unspecified atom stereocenters. The Morgan fingerprint density at radius 1 is 1.24 bits per heavy atom. The first-order valence-corrected chi connectivity index (χ1v) is 10.0. The van der Waals surface area contributed by atoms with Crippen LogP contribution in [0.15, 0.2) is 24.3 Å². The molecular formula is C21H31N3O. The van der Waals surface area contributed by atoms with Gasteiger partial charge in [0.15, 0.2) is 0 Å². The minimum atomic E-state index is 0.179. The van der Waals surface area contributed by atoms with Gasteiger partial charge in [-0.05, 0) is 62.5 Å². The predicted octanol–water partition coefficient (Wildman–Crippen LogP) is 2.71. The number of rotatable bonds is 4. The van der Waals surface area contributed by atoms with E-state index in [1.54, 1.807) is 0 Å². The summed E-state index contributed by atoms with van der Waals surface area (Å²) >= 11 is 0. The van der Waals surface area contributed by atoms with Crippen LogP contribution in [0.1, 0.15) is 44.6 Å². The molecule has 2 fully saturated rings. The quantitative estimate of drug-likeness (QED) is 0.885. The van der Waals surface area contributed by atoms with Crippen molar-refractivity contribution in [2.24, 2.45) is 23.5 Å². The zero-order chi connectivity index (χ0) is 17.4. The SMILES string of the molecule is CC1Cc2ccccc2N1CCNC(=O)C1CC2CCCC(C1)C2N. The highest BCUT2D eigenvalue weighted by atomic mass is 16.1. The summed E-state index contributed by atoms with van der Waals surface area (Å²) in [5.41, 5.74) is 9.11. The summed E-state index contributed by atoms with van der Waals surface area (Å²) in [5, 5.41) is 3.21. The molecule has 3 aliphatic rings. The summed E-state index contributed by atoms with van der Waals surface area (Å²) in [7, 11) is 0. The second kappa shape index (κ2) is 6.99. The summed E-state index contributed by atoms with van der Waals surface area (Å²) in [6.45, 7) is 3.89. The number of benzene rings is 1. The van der Waals surface area contributed by atoms with Crippen LogP contribution in [0.25, 0.3) is 0 Å². The molecule has 1 aliphatic heterocycles. The highest BCUT2D eigenvalue weighted by Gasteiger charge is 2.40. The van der Waals surface area contributed by atoms with E-state index in [2.05, 4.69) is 41.4 Å². The topological polar surface area (TPSA) is 58.4 Å². The van der Waals surface area contributed by atoms with E-state index in [4.69, 9.17) is 5.73 Å². The van der Waals surface area contributed by atoms with Gasteiger partial charge < -0.3 is 16.0 Å². The lowest BCUT2D eigenvalue weighted by Crippen LogP contribution is -2.49. The molecule has 2 saturated carbocycles. The van der Waals surface area contributed by atoms with E-state index < -0.39 is 0 Å². The lowest BCUT2D eigenvalue weighted by molar-refractivity contribution is -0.127. The number of anilines is 1. The first-order valence-electron chi connectivity index (χ1n) is 10.0. The Morgan fingerprint density at radius 3 is 2.72 bits per heavy atom. The Bertz CT molecular complexity index is 617. The molecule has 3 N–H and O–H groups in total. The number of nitrogens with zero attached hydrogens (tertiary/aromatic N) is 1. The average Bonchev–Trinajstić information content (AvgIpc) is 2.90. The van der Waals surface area contributed by atoms with Crippen molar-refractivity contribution in [3.8, 4) is 0 Å². The van der Waals surface area contributed by atoms with Gasteiger partial charge in [-0.3, -0.25) is 4.79 Å². The highest BCUT2D eigenvalue weighted by Crippen LogP contribution is 2.41. The standard InChI is InChI=1S/C21H31N3O/c1-14-11-15-5-2-3-8-19(15)24(14)10-9-23-21(25)18-12-16-6-4-7-17(13-18)20(16)22/h2-3,5,8,14,16-18,20H,4,6-7,9-13,22H2,1H3,(H,23,25). The van der Waals surface area contributed by atoms with E-state index in [-0.39, 0.29) is 11.8 Å². The van der Waals surface area contributed by atoms with Gasteiger partial charge >= 0.3 is 0 Å². The number of hydrogen-bond acceptors (Lipinski definition) is 3. The average molecular weight is 341 g/mol. The number of nitrogens with two attached hydrogens (primary N) is 1. The van der Waals surface area contributed by atoms with Crippen LogP contribution < -0.4 is 16.0 Å². The highest BCUT2D eigenvalue weighted by molar-refractivity contribution is 5.79. The number of hydrogen-bond donors (Lipinski definition) is 2. The minimum absolute atomic E-state index is 0.179. The number of carbonyl (C=O) groups is 1. The zero-order valence-corrected chi connectivity index (χ0v) is 15.3. The van der Waals surface area contributed by atoms with Crippen molar-refractivity contribution in [3.63, 3.8) is 0 Å². The smallest absolute Gasteiger partial charge is 0.223 e. The molecule has 2 aliphatic carbocycles. The first kappa shape index (κ1) is 16.9. The van der Waals surface area contributed by atoms with Crippen molar-refractivity contribution in [1.29, 1.82) is 0 Å². The summed E-state index contributed by atoms with van der Waals surface area (Å²) in [6, 6.07) is 9.48. The van der Waals surface area contributed by atoms with Gasteiger partial charge in [0.2, 0.25) is 5.91 Å². The Kier molecular flexibility index (Phi) is 4.72. The van der Waals surface area contributed by atoms with E-state index >= 15 is 0 Å². The Labute approximate surface area is 151 Å². The second-order valence-electron chi connectivity index (χ2n) is 8.36. The molecule has 4 rings (SSSR count). The summed E-state index contributed by atoms with van der Waals surface area (Å²) in [6.07, 6.45) is 6.81. The minimum Gasteiger partial charge on any atom is -0.367 e. The van der Waals surface area contributed by atoms with Crippen LogP contribution in [0.5, 0.6) is 0 Å². The lowest BCUT2D eigenvalue weighted by atomic mass is 9.65. The molecule has 4 heteroatoms. The molecule has 0 saturated heterocycles. The van der Waals surface area contributed by atoms with Crippen LogP contribution in [0.2, 0.25) is 0 Å². The molecule has 1 heterocycles. The molecule has 3 atom stereocenters. The first-order chi connectivity index (χ1) is 12.1. The third-order valence-electron chi connectivity index (χ3n) is 6.78.